The summed E-state index contributed by atoms with van der Waals surface area (Å²) >= 11 is 0. The van der Waals surface area contributed by atoms with E-state index in [0.29, 0.717) is 5.41 Å². The molecule has 0 heterocycles. The first-order chi connectivity index (χ1) is 5.71. The van der Waals surface area contributed by atoms with Gasteiger partial charge in [0.15, 0.2) is 0 Å². The Morgan fingerprint density at radius 3 is 2.42 bits per heavy atom. The van der Waals surface area contributed by atoms with Crippen molar-refractivity contribution in [2.45, 2.75) is 45.6 Å². The zero-order valence-electron chi connectivity index (χ0n) is 8.31. The zero-order valence-corrected chi connectivity index (χ0v) is 8.31. The topological polar surface area (TPSA) is 35.2 Å². The molecule has 1 aliphatic carbocycles. The van der Waals surface area contributed by atoms with E-state index in [1.54, 1.807) is 0 Å². The third kappa shape index (κ3) is 1.99. The van der Waals surface area contributed by atoms with Crippen molar-refractivity contribution in [3.63, 3.8) is 0 Å². The number of rotatable bonds is 4. The van der Waals surface area contributed by atoms with Crippen LogP contribution in [-0.4, -0.2) is 19.3 Å². The summed E-state index contributed by atoms with van der Waals surface area (Å²) in [5, 5.41) is 0. The third-order valence-electron chi connectivity index (χ3n) is 3.16. The number of nitrogens with two attached hydrogens (primary N) is 1. The molecule has 1 aliphatic rings. The minimum absolute atomic E-state index is 0.284. The fourth-order valence-electron chi connectivity index (χ4n) is 2.12. The molecule has 2 heteroatoms. The highest BCUT2D eigenvalue weighted by molar-refractivity contribution is 4.90. The van der Waals surface area contributed by atoms with Gasteiger partial charge >= 0.3 is 0 Å². The summed E-state index contributed by atoms with van der Waals surface area (Å²) in [6.45, 7) is 5.84. The molecule has 0 aromatic rings. The minimum atomic E-state index is 0.284. The van der Waals surface area contributed by atoms with Crippen LogP contribution in [0.1, 0.15) is 39.5 Å². The highest BCUT2D eigenvalue weighted by Gasteiger charge is 2.37. The fraction of sp³-hybridized carbons (Fsp3) is 1.00. The smallest absolute Gasteiger partial charge is 0.0537 e. The molecule has 1 fully saturated rings. The quantitative estimate of drug-likeness (QED) is 0.701. The second kappa shape index (κ2) is 4.24. The first kappa shape index (κ1) is 10.0. The van der Waals surface area contributed by atoms with E-state index < -0.39 is 0 Å². The maximum Gasteiger partial charge on any atom is 0.0537 e. The predicted octanol–water partition coefficient (Wildman–Crippen LogP) is 1.93. The molecule has 0 radical (unpaired) electrons. The van der Waals surface area contributed by atoms with E-state index in [1.165, 1.54) is 25.7 Å². The standard InChI is InChI=1S/C10H21NO/c1-3-12-8-10(9(2)11)6-4-5-7-10/h9H,3-8,11H2,1-2H3. The van der Waals surface area contributed by atoms with Crippen LogP contribution in [0.4, 0.5) is 0 Å². The first-order valence-electron chi connectivity index (χ1n) is 5.04. The van der Waals surface area contributed by atoms with Crippen LogP contribution < -0.4 is 5.73 Å². The van der Waals surface area contributed by atoms with Crippen molar-refractivity contribution in [1.82, 2.24) is 0 Å². The van der Waals surface area contributed by atoms with Gasteiger partial charge in [-0.2, -0.15) is 0 Å². The lowest BCUT2D eigenvalue weighted by molar-refractivity contribution is 0.0410. The normalized spacial score (nSPS) is 24.2. The maximum absolute atomic E-state index is 5.99. The van der Waals surface area contributed by atoms with Crippen molar-refractivity contribution in [3.05, 3.63) is 0 Å². The maximum atomic E-state index is 5.99. The van der Waals surface area contributed by atoms with Gasteiger partial charge in [0, 0.05) is 18.1 Å². The Morgan fingerprint density at radius 2 is 2.00 bits per heavy atom. The summed E-state index contributed by atoms with van der Waals surface area (Å²) in [5.74, 6) is 0. The summed E-state index contributed by atoms with van der Waals surface area (Å²) in [5.41, 5.74) is 6.30. The Labute approximate surface area is 75.5 Å². The lowest BCUT2D eigenvalue weighted by atomic mass is 9.80. The molecular weight excluding hydrogens is 150 g/mol. The van der Waals surface area contributed by atoms with Gasteiger partial charge in [-0.3, -0.25) is 0 Å². The molecule has 1 rings (SSSR count). The Bertz CT molecular complexity index is 128. The summed E-state index contributed by atoms with van der Waals surface area (Å²) in [6, 6.07) is 0.284. The predicted molar refractivity (Wildman–Crippen MR) is 51.0 cm³/mol. The average molecular weight is 171 g/mol. The van der Waals surface area contributed by atoms with E-state index in [-0.39, 0.29) is 6.04 Å². The molecular formula is C10H21NO. The SMILES string of the molecule is CCOCC1(C(C)N)CCCC1. The average Bonchev–Trinajstić information content (AvgIpc) is 2.50. The highest BCUT2D eigenvalue weighted by Crippen LogP contribution is 2.40. The van der Waals surface area contributed by atoms with Crippen LogP contribution in [0, 0.1) is 5.41 Å². The molecule has 12 heavy (non-hydrogen) atoms. The highest BCUT2D eigenvalue weighted by atomic mass is 16.5. The van der Waals surface area contributed by atoms with Gasteiger partial charge < -0.3 is 10.5 Å². The minimum Gasteiger partial charge on any atom is -0.381 e. The van der Waals surface area contributed by atoms with Gasteiger partial charge in [0.25, 0.3) is 0 Å². The van der Waals surface area contributed by atoms with Crippen LogP contribution in [-0.2, 0) is 4.74 Å². The van der Waals surface area contributed by atoms with Crippen molar-refractivity contribution < 1.29 is 4.74 Å². The Balaban J connectivity index is 2.47. The van der Waals surface area contributed by atoms with Crippen molar-refractivity contribution in [1.29, 1.82) is 0 Å². The van der Waals surface area contributed by atoms with Crippen LogP contribution in [0.5, 0.6) is 0 Å². The van der Waals surface area contributed by atoms with Crippen LogP contribution in [0.15, 0.2) is 0 Å². The summed E-state index contributed by atoms with van der Waals surface area (Å²) in [7, 11) is 0. The van der Waals surface area contributed by atoms with E-state index in [2.05, 4.69) is 6.92 Å². The molecule has 0 spiro atoms. The molecule has 0 aromatic heterocycles. The summed E-state index contributed by atoms with van der Waals surface area (Å²) in [6.07, 6.45) is 5.17. The van der Waals surface area contributed by atoms with Crippen molar-refractivity contribution >= 4 is 0 Å². The molecule has 0 saturated heterocycles. The molecule has 1 saturated carbocycles. The van der Waals surface area contributed by atoms with Crippen molar-refractivity contribution in [2.75, 3.05) is 13.2 Å². The van der Waals surface area contributed by atoms with Gasteiger partial charge in [-0.05, 0) is 26.7 Å². The molecule has 1 atom stereocenters. The van der Waals surface area contributed by atoms with Gasteiger partial charge in [0.1, 0.15) is 0 Å². The monoisotopic (exact) mass is 171 g/mol. The van der Waals surface area contributed by atoms with Crippen LogP contribution >= 0.6 is 0 Å². The Kier molecular flexibility index (Phi) is 3.53. The van der Waals surface area contributed by atoms with Gasteiger partial charge in [0.2, 0.25) is 0 Å². The van der Waals surface area contributed by atoms with Crippen LogP contribution in [0.3, 0.4) is 0 Å². The van der Waals surface area contributed by atoms with E-state index in [1.807, 2.05) is 6.92 Å². The van der Waals surface area contributed by atoms with Crippen LogP contribution in [0.2, 0.25) is 0 Å². The van der Waals surface area contributed by atoms with Crippen molar-refractivity contribution in [2.24, 2.45) is 11.1 Å². The molecule has 0 aromatic carbocycles. The number of hydrogen-bond donors (Lipinski definition) is 1. The summed E-state index contributed by atoms with van der Waals surface area (Å²) in [4.78, 5) is 0. The fourth-order valence-corrected chi connectivity index (χ4v) is 2.12. The molecule has 72 valence electrons. The van der Waals surface area contributed by atoms with E-state index >= 15 is 0 Å². The van der Waals surface area contributed by atoms with Gasteiger partial charge in [-0.25, -0.2) is 0 Å². The molecule has 1 unspecified atom stereocenters. The molecule has 2 N–H and O–H groups in total. The number of hydrogen-bond acceptors (Lipinski definition) is 2. The lowest BCUT2D eigenvalue weighted by Gasteiger charge is -2.32. The van der Waals surface area contributed by atoms with E-state index in [0.717, 1.165) is 13.2 Å². The van der Waals surface area contributed by atoms with Crippen LogP contribution in [0.25, 0.3) is 0 Å². The number of ether oxygens (including phenoxy) is 1. The van der Waals surface area contributed by atoms with E-state index in [4.69, 9.17) is 10.5 Å². The molecule has 2 nitrogen and oxygen atoms in total. The van der Waals surface area contributed by atoms with Gasteiger partial charge in [0.05, 0.1) is 6.61 Å². The molecule has 0 bridgehead atoms. The zero-order chi connectivity index (χ0) is 9.03. The lowest BCUT2D eigenvalue weighted by Crippen LogP contribution is -2.41. The summed E-state index contributed by atoms with van der Waals surface area (Å²) < 4.78 is 5.50. The van der Waals surface area contributed by atoms with Gasteiger partial charge in [-0.15, -0.1) is 0 Å². The van der Waals surface area contributed by atoms with E-state index in [9.17, 15) is 0 Å². The third-order valence-corrected chi connectivity index (χ3v) is 3.16. The first-order valence-corrected chi connectivity index (χ1v) is 5.04. The second-order valence-corrected chi connectivity index (χ2v) is 4.00. The Morgan fingerprint density at radius 1 is 1.42 bits per heavy atom. The molecule has 0 aliphatic heterocycles. The van der Waals surface area contributed by atoms with Crippen molar-refractivity contribution in [3.8, 4) is 0 Å². The molecule has 0 amide bonds. The van der Waals surface area contributed by atoms with Gasteiger partial charge in [-0.1, -0.05) is 12.8 Å². The Hall–Kier alpha value is -0.0800. The largest absolute Gasteiger partial charge is 0.381 e. The second-order valence-electron chi connectivity index (χ2n) is 4.00.